The Balaban J connectivity index is 1.52. The van der Waals surface area contributed by atoms with Crippen LogP contribution in [0.2, 0.25) is 0 Å². The lowest BCUT2D eigenvalue weighted by Gasteiger charge is -2.47. The lowest BCUT2D eigenvalue weighted by Crippen LogP contribution is -2.57. The van der Waals surface area contributed by atoms with Crippen LogP contribution in [0, 0.1) is 12.3 Å². The van der Waals surface area contributed by atoms with Gasteiger partial charge in [-0.05, 0) is 85.7 Å². The first kappa shape index (κ1) is 37.5. The molecule has 5 rings (SSSR count). The lowest BCUT2D eigenvalue weighted by molar-refractivity contribution is -0.143. The molecule has 0 aliphatic carbocycles. The largest absolute Gasteiger partial charge is 0.489 e. The Bertz CT molecular complexity index is 1730. The molecule has 51 heavy (non-hydrogen) atoms. The number of halogens is 6. The molecule has 3 aromatic rings. The standard InChI is InChI=1S/C39H41F6N3O3/c1-6-15-37(16-7-2)23-33-34(32-14-13-31(19-25(32)3)51-24-27-11-9-8-10-12-27)48(18-17-47(33)35(37)49)36(50)46(5)26(4)28-20-29(38(40,41)42)22-30(21-28)39(43,44)45/h6-14,19-22,26,33-34H,1-2,15-18,23-24H2,3-5H3/t26-,33+,34+/m1/s1. The minimum atomic E-state index is -5.04. The maximum atomic E-state index is 14.4. The third-order valence-corrected chi connectivity index (χ3v) is 10.1. The molecule has 3 aromatic carbocycles. The number of benzene rings is 3. The normalized spacial score (nSPS) is 19.4. The average Bonchev–Trinajstić information content (AvgIpc) is 3.36. The first-order valence-electron chi connectivity index (χ1n) is 16.6. The molecule has 6 nitrogen and oxygen atoms in total. The second kappa shape index (κ2) is 14.5. The highest BCUT2D eigenvalue weighted by Crippen LogP contribution is 2.50. The van der Waals surface area contributed by atoms with Crippen molar-refractivity contribution in [3.8, 4) is 5.75 Å². The second-order valence-corrected chi connectivity index (χ2v) is 13.4. The summed E-state index contributed by atoms with van der Waals surface area (Å²) in [4.78, 5) is 33.0. The van der Waals surface area contributed by atoms with E-state index in [0.717, 1.165) is 21.6 Å². The Hall–Kier alpha value is -4.74. The number of amides is 3. The van der Waals surface area contributed by atoms with Gasteiger partial charge in [-0.2, -0.15) is 26.3 Å². The number of ether oxygens (including phenoxy) is 1. The first-order valence-corrected chi connectivity index (χ1v) is 16.6. The molecule has 0 unspecified atom stereocenters. The van der Waals surface area contributed by atoms with E-state index < -0.39 is 53.1 Å². The molecule has 0 radical (unpaired) electrons. The first-order chi connectivity index (χ1) is 24.0. The zero-order chi connectivity index (χ0) is 37.3. The van der Waals surface area contributed by atoms with Crippen LogP contribution in [0.3, 0.4) is 0 Å². The number of rotatable bonds is 10. The molecular formula is C39H41F6N3O3. The van der Waals surface area contributed by atoms with E-state index in [-0.39, 0.29) is 30.6 Å². The van der Waals surface area contributed by atoms with Crippen LogP contribution in [-0.2, 0) is 23.8 Å². The van der Waals surface area contributed by atoms with E-state index >= 15 is 0 Å². The van der Waals surface area contributed by atoms with Crippen LogP contribution in [-0.4, -0.2) is 52.8 Å². The smallest absolute Gasteiger partial charge is 0.416 e. The molecule has 272 valence electrons. The van der Waals surface area contributed by atoms with Gasteiger partial charge in [0.25, 0.3) is 0 Å². The summed E-state index contributed by atoms with van der Waals surface area (Å²) in [5, 5.41) is 0. The van der Waals surface area contributed by atoms with Crippen molar-refractivity contribution in [1.82, 2.24) is 14.7 Å². The van der Waals surface area contributed by atoms with Crippen LogP contribution in [0.4, 0.5) is 31.1 Å². The molecule has 2 saturated heterocycles. The van der Waals surface area contributed by atoms with Crippen LogP contribution >= 0.6 is 0 Å². The van der Waals surface area contributed by atoms with E-state index in [4.69, 9.17) is 4.74 Å². The van der Waals surface area contributed by atoms with Crippen molar-refractivity contribution in [1.29, 1.82) is 0 Å². The molecule has 0 spiro atoms. The highest BCUT2D eigenvalue weighted by molar-refractivity contribution is 5.87. The third kappa shape index (κ3) is 7.64. The molecule has 0 N–H and O–H groups in total. The molecule has 2 heterocycles. The van der Waals surface area contributed by atoms with Gasteiger partial charge in [0.15, 0.2) is 0 Å². The molecule has 3 amide bonds. The summed E-state index contributed by atoms with van der Waals surface area (Å²) in [6, 6.07) is 13.5. The third-order valence-electron chi connectivity index (χ3n) is 10.1. The summed E-state index contributed by atoms with van der Waals surface area (Å²) in [5.74, 6) is 0.520. The number of fused-ring (bicyclic) bond motifs is 1. The number of urea groups is 1. The summed E-state index contributed by atoms with van der Waals surface area (Å²) in [7, 11) is 1.36. The van der Waals surface area contributed by atoms with Gasteiger partial charge in [-0.25, -0.2) is 4.79 Å². The van der Waals surface area contributed by atoms with Crippen LogP contribution in [0.5, 0.6) is 5.75 Å². The number of carbonyl (C=O) groups is 2. The topological polar surface area (TPSA) is 53.1 Å². The predicted molar refractivity (Wildman–Crippen MR) is 182 cm³/mol. The summed E-state index contributed by atoms with van der Waals surface area (Å²) < 4.78 is 88.3. The van der Waals surface area contributed by atoms with Gasteiger partial charge in [-0.15, -0.1) is 13.2 Å². The number of allylic oxidation sites excluding steroid dienone is 2. The number of nitrogens with zero attached hydrogens (tertiary/aromatic N) is 3. The van der Waals surface area contributed by atoms with Gasteiger partial charge in [0.2, 0.25) is 5.91 Å². The van der Waals surface area contributed by atoms with Crippen LogP contribution in [0.15, 0.2) is 92.0 Å². The minimum Gasteiger partial charge on any atom is -0.489 e. The van der Waals surface area contributed by atoms with E-state index in [0.29, 0.717) is 43.8 Å². The Morgan fingerprint density at radius 3 is 2.12 bits per heavy atom. The molecule has 12 heteroatoms. The maximum absolute atomic E-state index is 14.4. The van der Waals surface area contributed by atoms with Crippen molar-refractivity contribution in [3.05, 3.63) is 125 Å². The Labute approximate surface area is 294 Å². The fraction of sp³-hybridized carbons (Fsp3) is 0.385. The van der Waals surface area contributed by atoms with E-state index in [1.165, 1.54) is 14.0 Å². The summed E-state index contributed by atoms with van der Waals surface area (Å²) in [6.45, 7) is 11.6. The summed E-state index contributed by atoms with van der Waals surface area (Å²) in [6.07, 6.45) is -5.51. The Kier molecular flexibility index (Phi) is 10.6. The summed E-state index contributed by atoms with van der Waals surface area (Å²) in [5.41, 5.74) is -1.54. The zero-order valence-corrected chi connectivity index (χ0v) is 28.7. The van der Waals surface area contributed by atoms with Gasteiger partial charge >= 0.3 is 18.4 Å². The Morgan fingerprint density at radius 2 is 1.57 bits per heavy atom. The van der Waals surface area contributed by atoms with Gasteiger partial charge in [-0.1, -0.05) is 48.6 Å². The molecule has 2 aliphatic rings. The fourth-order valence-corrected chi connectivity index (χ4v) is 7.35. The number of carbonyl (C=O) groups excluding carboxylic acids is 2. The highest BCUT2D eigenvalue weighted by atomic mass is 19.4. The minimum absolute atomic E-state index is 0.0686. The van der Waals surface area contributed by atoms with Crippen molar-refractivity contribution in [2.45, 2.75) is 70.2 Å². The molecule has 0 aromatic heterocycles. The average molecular weight is 714 g/mol. The number of hydrogen-bond donors (Lipinski definition) is 0. The molecule has 2 fully saturated rings. The monoisotopic (exact) mass is 713 g/mol. The lowest BCUT2D eigenvalue weighted by atomic mass is 9.76. The molecule has 0 saturated carbocycles. The zero-order valence-electron chi connectivity index (χ0n) is 28.7. The van der Waals surface area contributed by atoms with E-state index in [1.54, 1.807) is 28.0 Å². The van der Waals surface area contributed by atoms with Gasteiger partial charge in [-0.3, -0.25) is 4.79 Å². The van der Waals surface area contributed by atoms with Crippen LogP contribution in [0.25, 0.3) is 0 Å². The van der Waals surface area contributed by atoms with E-state index in [9.17, 15) is 35.9 Å². The molecule has 2 aliphatic heterocycles. The van der Waals surface area contributed by atoms with E-state index in [2.05, 4.69) is 13.2 Å². The van der Waals surface area contributed by atoms with Crippen molar-refractivity contribution in [3.63, 3.8) is 0 Å². The van der Waals surface area contributed by atoms with Crippen LogP contribution < -0.4 is 4.74 Å². The van der Waals surface area contributed by atoms with Gasteiger partial charge < -0.3 is 19.4 Å². The molecule has 0 bridgehead atoms. The van der Waals surface area contributed by atoms with E-state index in [1.807, 2.05) is 49.4 Å². The van der Waals surface area contributed by atoms with Crippen molar-refractivity contribution in [2.24, 2.45) is 5.41 Å². The van der Waals surface area contributed by atoms with Gasteiger partial charge in [0, 0.05) is 20.1 Å². The van der Waals surface area contributed by atoms with Crippen molar-refractivity contribution in [2.75, 3.05) is 20.1 Å². The maximum Gasteiger partial charge on any atom is 0.416 e. The van der Waals surface area contributed by atoms with Crippen molar-refractivity contribution >= 4 is 11.9 Å². The Morgan fingerprint density at radius 1 is 0.961 bits per heavy atom. The molecular weight excluding hydrogens is 672 g/mol. The van der Waals surface area contributed by atoms with Crippen molar-refractivity contribution < 1.29 is 40.7 Å². The SMILES string of the molecule is C=CCC1(CC=C)C[C@H]2[C@H](c3ccc(OCc4ccccc4)cc3C)N(C(=O)N(C)[C@H](C)c3cc(C(F)(F)F)cc(C(F)(F)F)c3)CCN2C1=O. The number of piperazine rings is 1. The second-order valence-electron chi connectivity index (χ2n) is 13.4. The fourth-order valence-electron chi connectivity index (χ4n) is 7.35. The number of aryl methyl sites for hydroxylation is 1. The number of hydrogen-bond acceptors (Lipinski definition) is 3. The quantitative estimate of drug-likeness (QED) is 0.155. The highest BCUT2D eigenvalue weighted by Gasteiger charge is 2.56. The number of alkyl halides is 6. The van der Waals surface area contributed by atoms with Gasteiger partial charge in [0.1, 0.15) is 12.4 Å². The van der Waals surface area contributed by atoms with Gasteiger partial charge in [0.05, 0.1) is 34.7 Å². The molecule has 3 atom stereocenters. The van der Waals surface area contributed by atoms with Crippen LogP contribution in [0.1, 0.15) is 71.7 Å². The summed E-state index contributed by atoms with van der Waals surface area (Å²) >= 11 is 0. The predicted octanol–water partition coefficient (Wildman–Crippen LogP) is 9.52.